The Morgan fingerprint density at radius 3 is 2.78 bits per heavy atom. The molecular weight excluding hydrogens is 232 g/mol. The van der Waals surface area contributed by atoms with Gasteiger partial charge in [0, 0.05) is 30.6 Å². The van der Waals surface area contributed by atoms with Crippen LogP contribution in [0.4, 0.5) is 5.95 Å². The van der Waals surface area contributed by atoms with Crippen molar-refractivity contribution in [2.45, 2.75) is 6.54 Å². The molecule has 0 aromatic carbocycles. The Morgan fingerprint density at radius 1 is 1.11 bits per heavy atom. The number of pyridine rings is 1. The molecule has 94 valence electrons. The summed E-state index contributed by atoms with van der Waals surface area (Å²) in [7, 11) is 3.16. The van der Waals surface area contributed by atoms with Crippen LogP contribution in [0.2, 0.25) is 0 Å². The zero-order valence-corrected chi connectivity index (χ0v) is 10.3. The summed E-state index contributed by atoms with van der Waals surface area (Å²) < 4.78 is 10.2. The number of methoxy groups -OCH3 is 2. The fraction of sp³-hybridized carbons (Fsp3) is 0.250. The number of nitrogens with zero attached hydrogens (tertiary/aromatic N) is 3. The van der Waals surface area contributed by atoms with Gasteiger partial charge in [0.2, 0.25) is 17.7 Å². The molecule has 2 heterocycles. The van der Waals surface area contributed by atoms with Gasteiger partial charge in [-0.2, -0.15) is 4.98 Å². The summed E-state index contributed by atoms with van der Waals surface area (Å²) in [5, 5.41) is 3.09. The highest BCUT2D eigenvalue weighted by atomic mass is 16.5. The summed E-state index contributed by atoms with van der Waals surface area (Å²) >= 11 is 0. The van der Waals surface area contributed by atoms with E-state index in [1.807, 2.05) is 12.1 Å². The molecule has 0 saturated carbocycles. The monoisotopic (exact) mass is 246 g/mol. The molecule has 6 heteroatoms. The van der Waals surface area contributed by atoms with Crippen LogP contribution in [0, 0.1) is 0 Å². The first-order valence-corrected chi connectivity index (χ1v) is 5.42. The Balaban J connectivity index is 2.06. The lowest BCUT2D eigenvalue weighted by Crippen LogP contribution is -2.06. The minimum atomic E-state index is 0.500. The van der Waals surface area contributed by atoms with Crippen LogP contribution in [0.25, 0.3) is 0 Å². The summed E-state index contributed by atoms with van der Waals surface area (Å²) in [4.78, 5) is 12.4. The summed E-state index contributed by atoms with van der Waals surface area (Å²) in [5.41, 5.74) is 0.936. The van der Waals surface area contributed by atoms with Crippen molar-refractivity contribution >= 4 is 5.95 Å². The SMILES string of the molecule is COc1ccnc(NCc2cccnc2OC)n1. The van der Waals surface area contributed by atoms with Crippen molar-refractivity contribution in [3.8, 4) is 11.8 Å². The second-order valence-corrected chi connectivity index (χ2v) is 3.45. The van der Waals surface area contributed by atoms with E-state index in [0.717, 1.165) is 5.56 Å². The van der Waals surface area contributed by atoms with Gasteiger partial charge in [-0.05, 0) is 6.07 Å². The Labute approximate surface area is 105 Å². The number of rotatable bonds is 5. The molecule has 2 aromatic heterocycles. The molecular formula is C12H14N4O2. The fourth-order valence-corrected chi connectivity index (χ4v) is 1.46. The van der Waals surface area contributed by atoms with Crippen molar-refractivity contribution < 1.29 is 9.47 Å². The molecule has 18 heavy (non-hydrogen) atoms. The predicted molar refractivity (Wildman–Crippen MR) is 66.7 cm³/mol. The highest BCUT2D eigenvalue weighted by Gasteiger charge is 2.04. The van der Waals surface area contributed by atoms with Crippen LogP contribution in [0.1, 0.15) is 5.56 Å². The van der Waals surface area contributed by atoms with Gasteiger partial charge in [-0.15, -0.1) is 0 Å². The van der Waals surface area contributed by atoms with E-state index >= 15 is 0 Å². The fourth-order valence-electron chi connectivity index (χ4n) is 1.46. The van der Waals surface area contributed by atoms with Crippen LogP contribution in [-0.2, 0) is 6.54 Å². The molecule has 6 nitrogen and oxygen atoms in total. The molecule has 0 atom stereocenters. The van der Waals surface area contributed by atoms with Gasteiger partial charge in [-0.1, -0.05) is 6.07 Å². The van der Waals surface area contributed by atoms with Crippen LogP contribution < -0.4 is 14.8 Å². The Morgan fingerprint density at radius 2 is 2.00 bits per heavy atom. The van der Waals surface area contributed by atoms with Crippen molar-refractivity contribution in [2.75, 3.05) is 19.5 Å². The van der Waals surface area contributed by atoms with E-state index in [2.05, 4.69) is 20.3 Å². The summed E-state index contributed by atoms with van der Waals surface area (Å²) in [6.07, 6.45) is 3.32. The van der Waals surface area contributed by atoms with Gasteiger partial charge in [-0.25, -0.2) is 9.97 Å². The number of ether oxygens (including phenoxy) is 2. The lowest BCUT2D eigenvalue weighted by atomic mass is 10.3. The van der Waals surface area contributed by atoms with Crippen molar-refractivity contribution in [3.63, 3.8) is 0 Å². The first-order chi connectivity index (χ1) is 8.83. The van der Waals surface area contributed by atoms with Gasteiger partial charge in [0.1, 0.15) is 0 Å². The zero-order chi connectivity index (χ0) is 12.8. The number of nitrogens with one attached hydrogen (secondary N) is 1. The zero-order valence-electron chi connectivity index (χ0n) is 10.3. The quantitative estimate of drug-likeness (QED) is 0.862. The lowest BCUT2D eigenvalue weighted by molar-refractivity contribution is 0.393. The van der Waals surface area contributed by atoms with E-state index in [-0.39, 0.29) is 0 Å². The summed E-state index contributed by atoms with van der Waals surface area (Å²) in [6, 6.07) is 5.47. The Bertz CT molecular complexity index is 519. The van der Waals surface area contributed by atoms with Gasteiger partial charge in [0.25, 0.3) is 0 Å². The van der Waals surface area contributed by atoms with Crippen LogP contribution in [0.3, 0.4) is 0 Å². The van der Waals surface area contributed by atoms with Gasteiger partial charge in [0.15, 0.2) is 0 Å². The number of hydrogen-bond acceptors (Lipinski definition) is 6. The van der Waals surface area contributed by atoms with Crippen molar-refractivity contribution in [1.29, 1.82) is 0 Å². The molecule has 0 bridgehead atoms. The van der Waals surface area contributed by atoms with Crippen LogP contribution in [0.15, 0.2) is 30.6 Å². The normalized spacial score (nSPS) is 9.89. The van der Waals surface area contributed by atoms with E-state index < -0.39 is 0 Å². The van der Waals surface area contributed by atoms with E-state index in [0.29, 0.717) is 24.3 Å². The molecule has 0 aliphatic heterocycles. The standard InChI is InChI=1S/C12H14N4O2/c1-17-10-5-7-14-12(16-10)15-8-9-4-3-6-13-11(9)18-2/h3-7H,8H2,1-2H3,(H,14,15,16). The smallest absolute Gasteiger partial charge is 0.226 e. The predicted octanol–water partition coefficient (Wildman–Crippen LogP) is 1.50. The van der Waals surface area contributed by atoms with E-state index in [1.54, 1.807) is 32.7 Å². The molecule has 0 unspecified atom stereocenters. The molecule has 2 rings (SSSR count). The maximum Gasteiger partial charge on any atom is 0.226 e. The molecule has 0 saturated heterocycles. The second-order valence-electron chi connectivity index (χ2n) is 3.45. The highest BCUT2D eigenvalue weighted by Crippen LogP contribution is 2.15. The third-order valence-electron chi connectivity index (χ3n) is 2.32. The molecule has 0 fully saturated rings. The molecule has 0 radical (unpaired) electrons. The van der Waals surface area contributed by atoms with Gasteiger partial charge >= 0.3 is 0 Å². The number of anilines is 1. The average molecular weight is 246 g/mol. The lowest BCUT2D eigenvalue weighted by Gasteiger charge is -2.08. The molecule has 0 aliphatic rings. The third-order valence-corrected chi connectivity index (χ3v) is 2.32. The molecule has 0 spiro atoms. The van der Waals surface area contributed by atoms with Crippen LogP contribution in [0.5, 0.6) is 11.8 Å². The van der Waals surface area contributed by atoms with E-state index in [1.165, 1.54) is 0 Å². The maximum absolute atomic E-state index is 5.16. The Kier molecular flexibility index (Phi) is 3.90. The van der Waals surface area contributed by atoms with E-state index in [4.69, 9.17) is 9.47 Å². The minimum Gasteiger partial charge on any atom is -0.481 e. The Hall–Kier alpha value is -2.37. The van der Waals surface area contributed by atoms with E-state index in [9.17, 15) is 0 Å². The van der Waals surface area contributed by atoms with Crippen molar-refractivity contribution in [1.82, 2.24) is 15.0 Å². The van der Waals surface area contributed by atoms with Gasteiger partial charge in [0.05, 0.1) is 14.2 Å². The maximum atomic E-state index is 5.16. The summed E-state index contributed by atoms with van der Waals surface area (Å²) in [6.45, 7) is 0.532. The van der Waals surface area contributed by atoms with Gasteiger partial charge in [-0.3, -0.25) is 0 Å². The average Bonchev–Trinajstić information content (AvgIpc) is 2.45. The van der Waals surface area contributed by atoms with Crippen molar-refractivity contribution in [2.24, 2.45) is 0 Å². The molecule has 2 aromatic rings. The molecule has 0 amide bonds. The largest absolute Gasteiger partial charge is 0.481 e. The minimum absolute atomic E-state index is 0.500. The topological polar surface area (TPSA) is 69.2 Å². The summed E-state index contributed by atoms with van der Waals surface area (Å²) in [5.74, 6) is 1.61. The third kappa shape index (κ3) is 2.85. The van der Waals surface area contributed by atoms with Gasteiger partial charge < -0.3 is 14.8 Å². The van der Waals surface area contributed by atoms with Crippen LogP contribution in [-0.4, -0.2) is 29.2 Å². The van der Waals surface area contributed by atoms with Crippen molar-refractivity contribution in [3.05, 3.63) is 36.2 Å². The first kappa shape index (κ1) is 12.1. The molecule has 1 N–H and O–H groups in total. The number of aromatic nitrogens is 3. The number of hydrogen-bond donors (Lipinski definition) is 1. The van der Waals surface area contributed by atoms with Crippen LogP contribution >= 0.6 is 0 Å². The first-order valence-electron chi connectivity index (χ1n) is 5.42. The highest BCUT2D eigenvalue weighted by molar-refractivity contribution is 5.33. The molecule has 0 aliphatic carbocycles. The second kappa shape index (κ2) is 5.81.